The molecule has 0 saturated carbocycles. The standard InChI is InChI=1S/C15H12ClNO/c1-18-11-5-2-4-10(8-11)15-9-12-13(16)6-3-7-14(12)17-15/h2-9,17H,1H3. The molecule has 1 N–H and O–H groups in total. The van der Waals surface area contributed by atoms with Gasteiger partial charge in [0.05, 0.1) is 7.11 Å². The molecule has 1 aromatic heterocycles. The van der Waals surface area contributed by atoms with E-state index in [1.807, 2.05) is 42.5 Å². The third-order valence-electron chi connectivity index (χ3n) is 2.99. The van der Waals surface area contributed by atoms with Crippen LogP contribution in [0, 0.1) is 0 Å². The van der Waals surface area contributed by atoms with E-state index in [1.165, 1.54) is 0 Å². The molecular formula is C15H12ClNO. The minimum Gasteiger partial charge on any atom is -0.497 e. The molecule has 0 bridgehead atoms. The summed E-state index contributed by atoms with van der Waals surface area (Å²) in [4.78, 5) is 3.36. The molecule has 0 aliphatic heterocycles. The first-order chi connectivity index (χ1) is 8.78. The second kappa shape index (κ2) is 4.39. The molecule has 90 valence electrons. The van der Waals surface area contributed by atoms with Gasteiger partial charge in [0.1, 0.15) is 5.75 Å². The van der Waals surface area contributed by atoms with Crippen molar-refractivity contribution in [2.45, 2.75) is 0 Å². The minimum atomic E-state index is 0.762. The van der Waals surface area contributed by atoms with Crippen molar-refractivity contribution in [3.8, 4) is 17.0 Å². The number of fused-ring (bicyclic) bond motifs is 1. The smallest absolute Gasteiger partial charge is 0.119 e. The monoisotopic (exact) mass is 257 g/mol. The highest BCUT2D eigenvalue weighted by Gasteiger charge is 2.06. The average molecular weight is 258 g/mol. The fraction of sp³-hybridized carbons (Fsp3) is 0.0667. The van der Waals surface area contributed by atoms with Gasteiger partial charge in [-0.1, -0.05) is 29.8 Å². The Labute approximate surface area is 110 Å². The van der Waals surface area contributed by atoms with Crippen LogP contribution in [0.15, 0.2) is 48.5 Å². The van der Waals surface area contributed by atoms with E-state index >= 15 is 0 Å². The molecule has 1 heterocycles. The van der Waals surface area contributed by atoms with Crippen molar-refractivity contribution in [1.29, 1.82) is 0 Å². The van der Waals surface area contributed by atoms with Gasteiger partial charge in [-0.15, -0.1) is 0 Å². The lowest BCUT2D eigenvalue weighted by Gasteiger charge is -2.02. The molecule has 3 rings (SSSR count). The van der Waals surface area contributed by atoms with Gasteiger partial charge in [0.15, 0.2) is 0 Å². The lowest BCUT2D eigenvalue weighted by atomic mass is 10.1. The molecule has 0 fully saturated rings. The van der Waals surface area contributed by atoms with Crippen molar-refractivity contribution >= 4 is 22.5 Å². The Kier molecular flexibility index (Phi) is 2.73. The summed E-state index contributed by atoms with van der Waals surface area (Å²) in [5, 5.41) is 1.80. The molecule has 3 aromatic rings. The summed E-state index contributed by atoms with van der Waals surface area (Å²) >= 11 is 6.17. The SMILES string of the molecule is COc1cccc(-c2cc3c(Cl)cccc3[nH]2)c1. The van der Waals surface area contributed by atoms with Crippen LogP contribution in [-0.2, 0) is 0 Å². The second-order valence-corrected chi connectivity index (χ2v) is 4.52. The first-order valence-corrected chi connectivity index (χ1v) is 6.07. The number of aromatic amines is 1. The van der Waals surface area contributed by atoms with E-state index in [1.54, 1.807) is 7.11 Å². The molecule has 18 heavy (non-hydrogen) atoms. The second-order valence-electron chi connectivity index (χ2n) is 4.12. The Morgan fingerprint density at radius 2 is 1.89 bits per heavy atom. The molecule has 0 aliphatic rings. The Morgan fingerprint density at radius 1 is 1.06 bits per heavy atom. The van der Waals surface area contributed by atoms with Crippen LogP contribution in [-0.4, -0.2) is 12.1 Å². The molecule has 0 spiro atoms. The summed E-state index contributed by atoms with van der Waals surface area (Å²) in [7, 11) is 1.67. The summed E-state index contributed by atoms with van der Waals surface area (Å²) < 4.78 is 5.23. The van der Waals surface area contributed by atoms with E-state index in [-0.39, 0.29) is 0 Å². The average Bonchev–Trinajstić information content (AvgIpc) is 2.84. The van der Waals surface area contributed by atoms with Crippen molar-refractivity contribution in [2.75, 3.05) is 7.11 Å². The predicted molar refractivity (Wildman–Crippen MR) is 75.3 cm³/mol. The van der Waals surface area contributed by atoms with E-state index in [9.17, 15) is 0 Å². The molecule has 3 heteroatoms. The van der Waals surface area contributed by atoms with Crippen molar-refractivity contribution in [3.05, 3.63) is 53.6 Å². The molecule has 0 aliphatic carbocycles. The maximum atomic E-state index is 6.17. The summed E-state index contributed by atoms with van der Waals surface area (Å²) in [6.07, 6.45) is 0. The highest BCUT2D eigenvalue weighted by molar-refractivity contribution is 6.35. The van der Waals surface area contributed by atoms with Crippen LogP contribution in [0.3, 0.4) is 0 Å². The molecule has 0 unspecified atom stereocenters. The van der Waals surface area contributed by atoms with Crippen LogP contribution in [0.2, 0.25) is 5.02 Å². The molecule has 2 aromatic carbocycles. The van der Waals surface area contributed by atoms with Gasteiger partial charge >= 0.3 is 0 Å². The molecule has 0 amide bonds. The number of methoxy groups -OCH3 is 1. The van der Waals surface area contributed by atoms with Crippen LogP contribution in [0.4, 0.5) is 0 Å². The van der Waals surface area contributed by atoms with Gasteiger partial charge in [0.25, 0.3) is 0 Å². The normalized spacial score (nSPS) is 10.8. The summed E-state index contributed by atoms with van der Waals surface area (Å²) in [5.74, 6) is 0.845. The number of hydrogen-bond acceptors (Lipinski definition) is 1. The van der Waals surface area contributed by atoms with Gasteiger partial charge in [-0.2, -0.15) is 0 Å². The van der Waals surface area contributed by atoms with Crippen LogP contribution >= 0.6 is 11.6 Å². The Morgan fingerprint density at radius 3 is 2.67 bits per heavy atom. The zero-order valence-electron chi connectivity index (χ0n) is 9.91. The van der Waals surface area contributed by atoms with Crippen molar-refractivity contribution in [1.82, 2.24) is 4.98 Å². The third kappa shape index (κ3) is 1.85. The van der Waals surface area contributed by atoms with Gasteiger partial charge in [0, 0.05) is 27.2 Å². The maximum Gasteiger partial charge on any atom is 0.119 e. The van der Waals surface area contributed by atoms with E-state index in [0.29, 0.717) is 0 Å². The number of nitrogens with one attached hydrogen (secondary N) is 1. The largest absolute Gasteiger partial charge is 0.497 e. The van der Waals surface area contributed by atoms with Crippen molar-refractivity contribution in [3.63, 3.8) is 0 Å². The van der Waals surface area contributed by atoms with E-state index < -0.39 is 0 Å². The van der Waals surface area contributed by atoms with Gasteiger partial charge in [0.2, 0.25) is 0 Å². The zero-order chi connectivity index (χ0) is 12.5. The molecule has 0 atom stereocenters. The Balaban J connectivity index is 2.16. The zero-order valence-corrected chi connectivity index (χ0v) is 10.7. The Hall–Kier alpha value is -1.93. The molecule has 2 nitrogen and oxygen atoms in total. The van der Waals surface area contributed by atoms with Gasteiger partial charge in [-0.05, 0) is 30.3 Å². The fourth-order valence-corrected chi connectivity index (χ4v) is 2.29. The quantitative estimate of drug-likeness (QED) is 0.719. The molecular weight excluding hydrogens is 246 g/mol. The fourth-order valence-electron chi connectivity index (χ4n) is 2.06. The van der Waals surface area contributed by atoms with E-state index in [4.69, 9.17) is 16.3 Å². The predicted octanol–water partition coefficient (Wildman–Crippen LogP) is 4.50. The van der Waals surface area contributed by atoms with Gasteiger partial charge < -0.3 is 9.72 Å². The van der Waals surface area contributed by atoms with Gasteiger partial charge in [-0.3, -0.25) is 0 Å². The lowest BCUT2D eigenvalue weighted by molar-refractivity contribution is 0.415. The molecule has 0 radical (unpaired) electrons. The van der Waals surface area contributed by atoms with Crippen molar-refractivity contribution in [2.24, 2.45) is 0 Å². The highest BCUT2D eigenvalue weighted by Crippen LogP contribution is 2.30. The summed E-state index contributed by atoms with van der Waals surface area (Å²) in [5.41, 5.74) is 3.17. The van der Waals surface area contributed by atoms with E-state index in [0.717, 1.165) is 32.9 Å². The van der Waals surface area contributed by atoms with Crippen LogP contribution in [0.5, 0.6) is 5.75 Å². The number of H-pyrrole nitrogens is 1. The number of hydrogen-bond donors (Lipinski definition) is 1. The maximum absolute atomic E-state index is 6.17. The van der Waals surface area contributed by atoms with Crippen molar-refractivity contribution < 1.29 is 4.74 Å². The lowest BCUT2D eigenvalue weighted by Crippen LogP contribution is -1.83. The number of rotatable bonds is 2. The van der Waals surface area contributed by atoms with Gasteiger partial charge in [-0.25, -0.2) is 0 Å². The number of ether oxygens (including phenoxy) is 1. The minimum absolute atomic E-state index is 0.762. The topological polar surface area (TPSA) is 25.0 Å². The number of aromatic nitrogens is 1. The highest BCUT2D eigenvalue weighted by atomic mass is 35.5. The third-order valence-corrected chi connectivity index (χ3v) is 3.32. The number of halogens is 1. The summed E-state index contributed by atoms with van der Waals surface area (Å²) in [6, 6.07) is 15.9. The Bertz CT molecular complexity index is 703. The summed E-state index contributed by atoms with van der Waals surface area (Å²) in [6.45, 7) is 0. The van der Waals surface area contributed by atoms with Crippen LogP contribution in [0.25, 0.3) is 22.2 Å². The number of benzene rings is 2. The van der Waals surface area contributed by atoms with Crippen LogP contribution in [0.1, 0.15) is 0 Å². The van der Waals surface area contributed by atoms with Crippen LogP contribution < -0.4 is 4.74 Å². The molecule has 0 saturated heterocycles. The van der Waals surface area contributed by atoms with E-state index in [2.05, 4.69) is 11.1 Å². The first-order valence-electron chi connectivity index (χ1n) is 5.69. The first kappa shape index (κ1) is 11.2.